The first-order chi connectivity index (χ1) is 11.2. The number of sulfonamides is 1. The number of benzene rings is 2. The first-order valence-corrected chi connectivity index (χ1v) is 9.28. The topological polar surface area (TPSA) is 84.5 Å². The summed E-state index contributed by atoms with van der Waals surface area (Å²) in [6, 6.07) is 13.3. The fraction of sp³-hybridized carbons (Fsp3) is 0.235. The molecule has 0 unspecified atom stereocenters. The molecule has 0 fully saturated rings. The van der Waals surface area contributed by atoms with Crippen LogP contribution in [0.2, 0.25) is 0 Å². The van der Waals surface area contributed by atoms with Crippen LogP contribution in [-0.2, 0) is 10.0 Å². The van der Waals surface area contributed by atoms with Crippen molar-refractivity contribution in [2.24, 2.45) is 0 Å². The summed E-state index contributed by atoms with van der Waals surface area (Å²) in [6.07, 6.45) is 1.16. The fourth-order valence-corrected chi connectivity index (χ4v) is 2.56. The third-order valence-electron chi connectivity index (χ3n) is 2.93. The zero-order valence-corrected chi connectivity index (χ0v) is 14.6. The highest BCUT2D eigenvalue weighted by Gasteiger charge is 2.08. The van der Waals surface area contributed by atoms with Crippen LogP contribution in [0.5, 0.6) is 5.75 Å². The monoisotopic (exact) mass is 348 g/mol. The Hall–Kier alpha value is -2.54. The predicted octanol–water partition coefficient (Wildman–Crippen LogP) is 3.10. The molecule has 0 aliphatic carbocycles. The van der Waals surface area contributed by atoms with Gasteiger partial charge < -0.3 is 10.1 Å². The maximum Gasteiger partial charge on any atom is 0.255 e. The Morgan fingerprint density at radius 1 is 0.958 bits per heavy atom. The van der Waals surface area contributed by atoms with Gasteiger partial charge in [0.1, 0.15) is 5.75 Å². The van der Waals surface area contributed by atoms with E-state index in [1.165, 1.54) is 12.1 Å². The molecule has 24 heavy (non-hydrogen) atoms. The molecule has 1 amide bonds. The standard InChI is InChI=1S/C17H20N2O4S/c1-12(2)23-16-10-8-14(9-11-16)18-17(20)13-4-6-15(7-5-13)19-24(3,21)22/h4-12,19H,1-3H3,(H,18,20). The molecule has 2 N–H and O–H groups in total. The normalized spacial score (nSPS) is 11.2. The molecule has 0 saturated carbocycles. The van der Waals surface area contributed by atoms with E-state index < -0.39 is 10.0 Å². The van der Waals surface area contributed by atoms with Gasteiger partial charge in [-0.15, -0.1) is 0 Å². The number of carbonyl (C=O) groups excluding carboxylic acids is 1. The molecule has 0 aliphatic rings. The minimum atomic E-state index is -3.33. The van der Waals surface area contributed by atoms with Crippen molar-refractivity contribution in [3.05, 3.63) is 54.1 Å². The van der Waals surface area contributed by atoms with Gasteiger partial charge in [-0.25, -0.2) is 8.42 Å². The zero-order valence-electron chi connectivity index (χ0n) is 13.7. The Balaban J connectivity index is 2.01. The maximum atomic E-state index is 12.2. The van der Waals surface area contributed by atoms with Gasteiger partial charge in [-0.05, 0) is 62.4 Å². The molecule has 0 aromatic heterocycles. The number of anilines is 2. The highest BCUT2D eigenvalue weighted by molar-refractivity contribution is 7.92. The van der Waals surface area contributed by atoms with Crippen molar-refractivity contribution in [1.82, 2.24) is 0 Å². The van der Waals surface area contributed by atoms with Gasteiger partial charge in [0.25, 0.3) is 5.91 Å². The van der Waals surface area contributed by atoms with Crippen molar-refractivity contribution in [3.8, 4) is 5.75 Å². The third kappa shape index (κ3) is 5.58. The number of amides is 1. The number of ether oxygens (including phenoxy) is 1. The Morgan fingerprint density at radius 2 is 1.50 bits per heavy atom. The summed E-state index contributed by atoms with van der Waals surface area (Å²) < 4.78 is 30.2. The predicted molar refractivity (Wildman–Crippen MR) is 95.1 cm³/mol. The van der Waals surface area contributed by atoms with Gasteiger partial charge in [0.05, 0.1) is 12.4 Å². The molecule has 0 aliphatic heterocycles. The number of hydrogen-bond donors (Lipinski definition) is 2. The van der Waals surface area contributed by atoms with Gasteiger partial charge in [0.15, 0.2) is 0 Å². The third-order valence-corrected chi connectivity index (χ3v) is 3.54. The molecule has 128 valence electrons. The van der Waals surface area contributed by atoms with Crippen LogP contribution in [0, 0.1) is 0 Å². The molecule has 2 aromatic carbocycles. The molecule has 7 heteroatoms. The molecule has 0 bridgehead atoms. The molecular weight excluding hydrogens is 328 g/mol. The van der Waals surface area contributed by atoms with Crippen LogP contribution in [0.25, 0.3) is 0 Å². The van der Waals surface area contributed by atoms with Crippen molar-refractivity contribution in [3.63, 3.8) is 0 Å². The number of hydrogen-bond acceptors (Lipinski definition) is 4. The van der Waals surface area contributed by atoms with E-state index in [1.54, 1.807) is 36.4 Å². The van der Waals surface area contributed by atoms with E-state index in [0.29, 0.717) is 16.9 Å². The summed E-state index contributed by atoms with van der Waals surface area (Å²) in [6.45, 7) is 3.88. The molecule has 0 radical (unpaired) electrons. The Labute approximate surface area is 141 Å². The zero-order chi connectivity index (χ0) is 17.7. The number of rotatable bonds is 6. The summed E-state index contributed by atoms with van der Waals surface area (Å²) in [5, 5.41) is 2.77. The van der Waals surface area contributed by atoms with Gasteiger partial charge in [-0.1, -0.05) is 0 Å². The lowest BCUT2D eigenvalue weighted by Gasteiger charge is -2.11. The Morgan fingerprint density at radius 3 is 2.00 bits per heavy atom. The molecule has 0 atom stereocenters. The molecule has 0 saturated heterocycles. The van der Waals surface area contributed by atoms with E-state index in [2.05, 4.69) is 10.0 Å². The Kier molecular flexibility index (Phi) is 5.46. The quantitative estimate of drug-likeness (QED) is 0.840. The van der Waals surface area contributed by atoms with Crippen molar-refractivity contribution in [2.75, 3.05) is 16.3 Å². The fourth-order valence-electron chi connectivity index (χ4n) is 2.00. The average Bonchev–Trinajstić information content (AvgIpc) is 2.48. The lowest BCUT2D eigenvalue weighted by atomic mass is 10.2. The average molecular weight is 348 g/mol. The van der Waals surface area contributed by atoms with E-state index in [1.807, 2.05) is 13.8 Å². The highest BCUT2D eigenvalue weighted by Crippen LogP contribution is 2.18. The summed E-state index contributed by atoms with van der Waals surface area (Å²) in [5.41, 5.74) is 1.48. The smallest absolute Gasteiger partial charge is 0.255 e. The van der Waals surface area contributed by atoms with Gasteiger partial charge in [0, 0.05) is 16.9 Å². The van der Waals surface area contributed by atoms with Crippen LogP contribution in [-0.4, -0.2) is 26.7 Å². The minimum absolute atomic E-state index is 0.0875. The van der Waals surface area contributed by atoms with Gasteiger partial charge >= 0.3 is 0 Å². The highest BCUT2D eigenvalue weighted by atomic mass is 32.2. The van der Waals surface area contributed by atoms with Crippen molar-refractivity contribution < 1.29 is 17.9 Å². The lowest BCUT2D eigenvalue weighted by Crippen LogP contribution is -2.13. The summed E-state index contributed by atoms with van der Waals surface area (Å²) >= 11 is 0. The molecule has 6 nitrogen and oxygen atoms in total. The van der Waals surface area contributed by atoms with Crippen molar-refractivity contribution in [2.45, 2.75) is 20.0 Å². The summed E-state index contributed by atoms with van der Waals surface area (Å²) in [7, 11) is -3.33. The molecule has 2 aromatic rings. The first kappa shape index (κ1) is 17.8. The van der Waals surface area contributed by atoms with Crippen LogP contribution < -0.4 is 14.8 Å². The summed E-state index contributed by atoms with van der Waals surface area (Å²) in [4.78, 5) is 12.2. The second-order valence-electron chi connectivity index (χ2n) is 5.60. The Bertz CT molecular complexity index is 797. The SMILES string of the molecule is CC(C)Oc1ccc(NC(=O)c2ccc(NS(C)(=O)=O)cc2)cc1. The van der Waals surface area contributed by atoms with Gasteiger partial charge in [-0.3, -0.25) is 9.52 Å². The van der Waals surface area contributed by atoms with E-state index in [9.17, 15) is 13.2 Å². The number of nitrogens with one attached hydrogen (secondary N) is 2. The molecule has 0 spiro atoms. The van der Waals surface area contributed by atoms with Crippen LogP contribution in [0.15, 0.2) is 48.5 Å². The largest absolute Gasteiger partial charge is 0.491 e. The maximum absolute atomic E-state index is 12.2. The second-order valence-corrected chi connectivity index (χ2v) is 7.35. The van der Waals surface area contributed by atoms with E-state index in [-0.39, 0.29) is 12.0 Å². The second kappa shape index (κ2) is 7.35. The van der Waals surface area contributed by atoms with E-state index >= 15 is 0 Å². The molecule has 0 heterocycles. The van der Waals surface area contributed by atoms with Crippen molar-refractivity contribution in [1.29, 1.82) is 0 Å². The lowest BCUT2D eigenvalue weighted by molar-refractivity contribution is 0.102. The minimum Gasteiger partial charge on any atom is -0.491 e. The van der Waals surface area contributed by atoms with Gasteiger partial charge in [-0.2, -0.15) is 0 Å². The van der Waals surface area contributed by atoms with Crippen LogP contribution in [0.1, 0.15) is 24.2 Å². The summed E-state index contributed by atoms with van der Waals surface area (Å²) in [5.74, 6) is 0.456. The number of carbonyl (C=O) groups is 1. The van der Waals surface area contributed by atoms with Crippen LogP contribution >= 0.6 is 0 Å². The van der Waals surface area contributed by atoms with Crippen LogP contribution in [0.4, 0.5) is 11.4 Å². The van der Waals surface area contributed by atoms with Crippen LogP contribution in [0.3, 0.4) is 0 Å². The molecule has 2 rings (SSSR count). The first-order valence-electron chi connectivity index (χ1n) is 7.39. The van der Waals surface area contributed by atoms with Crippen molar-refractivity contribution >= 4 is 27.3 Å². The van der Waals surface area contributed by atoms with Gasteiger partial charge in [0.2, 0.25) is 10.0 Å². The van der Waals surface area contributed by atoms with E-state index in [0.717, 1.165) is 12.0 Å². The molecular formula is C17H20N2O4S. The van der Waals surface area contributed by atoms with E-state index in [4.69, 9.17) is 4.74 Å².